The highest BCUT2D eigenvalue weighted by Crippen LogP contribution is 2.16. The third-order valence-electron chi connectivity index (χ3n) is 3.37. The topological polar surface area (TPSA) is 47.3 Å². The van der Waals surface area contributed by atoms with Crippen LogP contribution in [0.5, 0.6) is 5.75 Å². The van der Waals surface area contributed by atoms with E-state index in [2.05, 4.69) is 5.43 Å². The number of hydrogen-bond donors (Lipinski definition) is 2. The summed E-state index contributed by atoms with van der Waals surface area (Å²) < 4.78 is 32.0. The van der Waals surface area contributed by atoms with Gasteiger partial charge in [-0.1, -0.05) is 24.3 Å². The van der Waals surface area contributed by atoms with E-state index in [1.165, 1.54) is 6.07 Å². The largest absolute Gasteiger partial charge is 0.497 e. The second-order valence-electron chi connectivity index (χ2n) is 4.83. The van der Waals surface area contributed by atoms with E-state index >= 15 is 0 Å². The van der Waals surface area contributed by atoms with Gasteiger partial charge in [-0.05, 0) is 42.2 Å². The van der Waals surface area contributed by atoms with Crippen LogP contribution in [0.25, 0.3) is 0 Å². The first-order chi connectivity index (χ1) is 10.1. The van der Waals surface area contributed by atoms with Gasteiger partial charge in [0.05, 0.1) is 7.11 Å². The molecule has 0 aliphatic heterocycles. The summed E-state index contributed by atoms with van der Waals surface area (Å²) in [5.74, 6) is 4.64. The second-order valence-corrected chi connectivity index (χ2v) is 4.83. The van der Waals surface area contributed by atoms with Gasteiger partial charge in [-0.25, -0.2) is 8.78 Å². The number of halogens is 2. The fraction of sp³-hybridized carbons (Fsp3) is 0.250. The van der Waals surface area contributed by atoms with Gasteiger partial charge in [-0.2, -0.15) is 0 Å². The lowest BCUT2D eigenvalue weighted by Gasteiger charge is -2.17. The van der Waals surface area contributed by atoms with Crippen LogP contribution in [0.4, 0.5) is 8.78 Å². The van der Waals surface area contributed by atoms with E-state index in [1.807, 2.05) is 24.3 Å². The summed E-state index contributed by atoms with van der Waals surface area (Å²) >= 11 is 0. The maximum absolute atomic E-state index is 13.7. The zero-order chi connectivity index (χ0) is 15.2. The van der Waals surface area contributed by atoms with Crippen LogP contribution in [0.15, 0.2) is 42.5 Å². The van der Waals surface area contributed by atoms with Crippen LogP contribution in [0, 0.1) is 11.6 Å². The van der Waals surface area contributed by atoms with Crippen molar-refractivity contribution in [2.24, 2.45) is 5.84 Å². The van der Waals surface area contributed by atoms with E-state index in [1.54, 1.807) is 13.2 Å². The summed E-state index contributed by atoms with van der Waals surface area (Å²) in [5.41, 5.74) is 4.00. The molecule has 1 atom stereocenters. The Morgan fingerprint density at radius 3 is 2.43 bits per heavy atom. The molecule has 0 radical (unpaired) electrons. The fourth-order valence-electron chi connectivity index (χ4n) is 2.21. The highest BCUT2D eigenvalue weighted by atomic mass is 19.2. The van der Waals surface area contributed by atoms with Gasteiger partial charge in [-0.15, -0.1) is 0 Å². The number of hydrogen-bond acceptors (Lipinski definition) is 3. The molecule has 0 fully saturated rings. The highest BCUT2D eigenvalue weighted by Gasteiger charge is 2.14. The molecule has 21 heavy (non-hydrogen) atoms. The van der Waals surface area contributed by atoms with Crippen molar-refractivity contribution in [3.8, 4) is 5.75 Å². The minimum atomic E-state index is -0.840. The molecule has 0 saturated heterocycles. The summed E-state index contributed by atoms with van der Waals surface area (Å²) in [6.07, 6.45) is 0.919. The summed E-state index contributed by atoms with van der Waals surface area (Å²) in [5, 5.41) is 0. The molecule has 0 saturated carbocycles. The van der Waals surface area contributed by atoms with Gasteiger partial charge in [0.2, 0.25) is 0 Å². The molecule has 3 N–H and O–H groups in total. The van der Waals surface area contributed by atoms with Gasteiger partial charge >= 0.3 is 0 Å². The highest BCUT2D eigenvalue weighted by molar-refractivity contribution is 5.28. The normalized spacial score (nSPS) is 12.2. The Morgan fingerprint density at radius 1 is 1.10 bits per heavy atom. The van der Waals surface area contributed by atoms with Crippen molar-refractivity contribution in [1.82, 2.24) is 5.43 Å². The molecule has 2 aromatic carbocycles. The van der Waals surface area contributed by atoms with Crippen molar-refractivity contribution >= 4 is 0 Å². The van der Waals surface area contributed by atoms with Gasteiger partial charge in [0.15, 0.2) is 11.6 Å². The van der Waals surface area contributed by atoms with Crippen LogP contribution in [0.2, 0.25) is 0 Å². The molecule has 0 aromatic heterocycles. The molecule has 0 amide bonds. The first kappa shape index (κ1) is 15.4. The quantitative estimate of drug-likeness (QED) is 0.635. The molecule has 1 unspecified atom stereocenters. The molecular formula is C16H18F2N2O. The van der Waals surface area contributed by atoms with Crippen molar-refractivity contribution in [3.63, 3.8) is 0 Å². The Kier molecular flexibility index (Phi) is 5.25. The zero-order valence-corrected chi connectivity index (χ0v) is 11.8. The van der Waals surface area contributed by atoms with E-state index in [4.69, 9.17) is 10.6 Å². The standard InChI is InChI=1S/C16H18F2N2O/c1-21-14-7-5-11(6-8-14)9-13(20-19)10-12-3-2-4-15(17)16(12)18/h2-8,13,20H,9-10,19H2,1H3. The van der Waals surface area contributed by atoms with Crippen molar-refractivity contribution in [2.45, 2.75) is 18.9 Å². The number of methoxy groups -OCH3 is 1. The predicted molar refractivity (Wildman–Crippen MR) is 77.9 cm³/mol. The van der Waals surface area contributed by atoms with Crippen LogP contribution in [0.3, 0.4) is 0 Å². The number of ether oxygens (including phenoxy) is 1. The van der Waals surface area contributed by atoms with Gasteiger partial charge in [0.25, 0.3) is 0 Å². The summed E-state index contributed by atoms with van der Waals surface area (Å²) in [6.45, 7) is 0. The Hall–Kier alpha value is -1.98. The van der Waals surface area contributed by atoms with Gasteiger partial charge < -0.3 is 4.74 Å². The Bertz CT molecular complexity index is 587. The van der Waals surface area contributed by atoms with Crippen LogP contribution in [-0.2, 0) is 12.8 Å². The maximum atomic E-state index is 13.7. The predicted octanol–water partition coefficient (Wildman–Crippen LogP) is 2.59. The molecule has 0 spiro atoms. The first-order valence-corrected chi connectivity index (χ1v) is 6.66. The minimum Gasteiger partial charge on any atom is -0.497 e. The molecule has 5 heteroatoms. The minimum absolute atomic E-state index is 0.185. The lowest BCUT2D eigenvalue weighted by molar-refractivity contribution is 0.414. The van der Waals surface area contributed by atoms with E-state index < -0.39 is 11.6 Å². The van der Waals surface area contributed by atoms with Crippen LogP contribution >= 0.6 is 0 Å². The Morgan fingerprint density at radius 2 is 1.81 bits per heavy atom. The number of hydrazine groups is 1. The molecule has 3 nitrogen and oxygen atoms in total. The molecule has 2 rings (SSSR count). The zero-order valence-electron chi connectivity index (χ0n) is 11.8. The van der Waals surface area contributed by atoms with E-state index in [0.717, 1.165) is 17.4 Å². The number of nitrogens with two attached hydrogens (primary N) is 1. The van der Waals surface area contributed by atoms with Crippen LogP contribution in [0.1, 0.15) is 11.1 Å². The molecule has 0 aliphatic rings. The van der Waals surface area contributed by atoms with Crippen molar-refractivity contribution < 1.29 is 13.5 Å². The van der Waals surface area contributed by atoms with Crippen LogP contribution < -0.4 is 16.0 Å². The van der Waals surface area contributed by atoms with Gasteiger partial charge in [0, 0.05) is 6.04 Å². The second kappa shape index (κ2) is 7.15. The van der Waals surface area contributed by atoms with E-state index in [0.29, 0.717) is 18.4 Å². The number of rotatable bonds is 6. The third kappa shape index (κ3) is 4.00. The summed E-state index contributed by atoms with van der Waals surface area (Å²) in [6, 6.07) is 11.5. The average molecular weight is 292 g/mol. The molecule has 2 aromatic rings. The lowest BCUT2D eigenvalue weighted by atomic mass is 9.99. The molecule has 0 heterocycles. The molecule has 112 valence electrons. The van der Waals surface area contributed by atoms with Crippen molar-refractivity contribution in [3.05, 3.63) is 65.2 Å². The van der Waals surface area contributed by atoms with E-state index in [9.17, 15) is 8.78 Å². The lowest BCUT2D eigenvalue weighted by Crippen LogP contribution is -2.38. The molecular weight excluding hydrogens is 274 g/mol. The monoisotopic (exact) mass is 292 g/mol. The first-order valence-electron chi connectivity index (χ1n) is 6.66. The van der Waals surface area contributed by atoms with E-state index in [-0.39, 0.29) is 6.04 Å². The number of nitrogens with one attached hydrogen (secondary N) is 1. The van der Waals surface area contributed by atoms with Crippen molar-refractivity contribution in [1.29, 1.82) is 0 Å². The van der Waals surface area contributed by atoms with Gasteiger partial charge in [0.1, 0.15) is 5.75 Å². The average Bonchev–Trinajstić information content (AvgIpc) is 2.51. The summed E-state index contributed by atoms with van der Waals surface area (Å²) in [4.78, 5) is 0. The van der Waals surface area contributed by atoms with Crippen LogP contribution in [-0.4, -0.2) is 13.2 Å². The third-order valence-corrected chi connectivity index (χ3v) is 3.37. The molecule has 0 bridgehead atoms. The maximum Gasteiger partial charge on any atom is 0.162 e. The number of benzene rings is 2. The molecule has 0 aliphatic carbocycles. The smallest absolute Gasteiger partial charge is 0.162 e. The summed E-state index contributed by atoms with van der Waals surface area (Å²) in [7, 11) is 1.60. The SMILES string of the molecule is COc1ccc(CC(Cc2cccc(F)c2F)NN)cc1. The van der Waals surface area contributed by atoms with Gasteiger partial charge in [-0.3, -0.25) is 11.3 Å². The Labute approximate surface area is 122 Å². The Balaban J connectivity index is 2.07. The fourth-order valence-corrected chi connectivity index (χ4v) is 2.21. The van der Waals surface area contributed by atoms with Crippen molar-refractivity contribution in [2.75, 3.05) is 7.11 Å².